The molecule has 0 unspecified atom stereocenters. The Hall–Kier alpha value is -2.05. The second-order valence-corrected chi connectivity index (χ2v) is 8.29. The van der Waals surface area contributed by atoms with Gasteiger partial charge in [-0.05, 0) is 49.6 Å². The maximum Gasteiger partial charge on any atom is 0.191 e. The van der Waals surface area contributed by atoms with Crippen molar-refractivity contribution in [1.82, 2.24) is 10.6 Å². The molecule has 2 aromatic rings. The Labute approximate surface area is 165 Å². The van der Waals surface area contributed by atoms with Crippen molar-refractivity contribution in [1.29, 1.82) is 0 Å². The molecule has 0 bridgehead atoms. The predicted octanol–water partition coefficient (Wildman–Crippen LogP) is 3.48. The number of guanidine groups is 1. The average molecular weight is 388 g/mol. The summed E-state index contributed by atoms with van der Waals surface area (Å²) in [6, 6.07) is 12.8. The van der Waals surface area contributed by atoms with E-state index in [2.05, 4.69) is 46.8 Å². The third-order valence-electron chi connectivity index (χ3n) is 5.20. The number of ether oxygens (including phenoxy) is 2. The van der Waals surface area contributed by atoms with Crippen LogP contribution in [-0.2, 0) is 16.7 Å². The van der Waals surface area contributed by atoms with E-state index in [-0.39, 0.29) is 5.41 Å². The summed E-state index contributed by atoms with van der Waals surface area (Å²) in [7, 11) is 3.52. The van der Waals surface area contributed by atoms with Crippen LogP contribution in [0.1, 0.15) is 28.2 Å². The molecule has 6 heteroatoms. The molecular weight excluding hydrogens is 358 g/mol. The van der Waals surface area contributed by atoms with Gasteiger partial charge in [-0.2, -0.15) is 0 Å². The molecule has 1 aliphatic rings. The van der Waals surface area contributed by atoms with Crippen molar-refractivity contribution in [2.45, 2.75) is 31.7 Å². The molecule has 2 heterocycles. The SMILES string of the molecule is CN=C(NCc1ccc(C)s1)NCC1(c2ccc(OC)cc2)CCOCC1. The lowest BCUT2D eigenvalue weighted by Gasteiger charge is -2.38. The lowest BCUT2D eigenvalue weighted by atomic mass is 9.74. The lowest BCUT2D eigenvalue weighted by Crippen LogP contribution is -2.47. The molecule has 0 aliphatic carbocycles. The van der Waals surface area contributed by atoms with Crippen LogP contribution >= 0.6 is 11.3 Å². The largest absolute Gasteiger partial charge is 0.497 e. The molecule has 2 N–H and O–H groups in total. The highest BCUT2D eigenvalue weighted by molar-refractivity contribution is 7.11. The number of hydrogen-bond donors (Lipinski definition) is 2. The van der Waals surface area contributed by atoms with Crippen LogP contribution in [0.4, 0.5) is 0 Å². The molecule has 0 saturated carbocycles. The molecular formula is C21H29N3O2S. The highest BCUT2D eigenvalue weighted by atomic mass is 32.1. The zero-order chi connectivity index (χ0) is 19.1. The van der Waals surface area contributed by atoms with Crippen LogP contribution in [0.15, 0.2) is 41.4 Å². The van der Waals surface area contributed by atoms with E-state index in [9.17, 15) is 0 Å². The minimum absolute atomic E-state index is 0.0433. The van der Waals surface area contributed by atoms with Gasteiger partial charge in [-0.25, -0.2) is 0 Å². The van der Waals surface area contributed by atoms with Gasteiger partial charge in [0.15, 0.2) is 5.96 Å². The van der Waals surface area contributed by atoms with E-state index < -0.39 is 0 Å². The molecule has 1 aliphatic heterocycles. The summed E-state index contributed by atoms with van der Waals surface area (Å²) >= 11 is 1.81. The van der Waals surface area contributed by atoms with Gasteiger partial charge >= 0.3 is 0 Å². The lowest BCUT2D eigenvalue weighted by molar-refractivity contribution is 0.0513. The van der Waals surface area contributed by atoms with Crippen molar-refractivity contribution in [3.8, 4) is 5.75 Å². The minimum Gasteiger partial charge on any atom is -0.497 e. The summed E-state index contributed by atoms with van der Waals surface area (Å²) in [5.41, 5.74) is 1.37. The van der Waals surface area contributed by atoms with Crippen molar-refractivity contribution in [2.75, 3.05) is 33.9 Å². The van der Waals surface area contributed by atoms with E-state index in [0.29, 0.717) is 0 Å². The van der Waals surface area contributed by atoms with Crippen LogP contribution in [0, 0.1) is 6.92 Å². The van der Waals surface area contributed by atoms with Gasteiger partial charge in [0.2, 0.25) is 0 Å². The summed E-state index contributed by atoms with van der Waals surface area (Å²) in [4.78, 5) is 7.03. The maximum atomic E-state index is 5.63. The molecule has 0 spiro atoms. The van der Waals surface area contributed by atoms with Crippen LogP contribution in [0.2, 0.25) is 0 Å². The number of aliphatic imine (C=N–C) groups is 1. The summed E-state index contributed by atoms with van der Waals surface area (Å²) in [6.07, 6.45) is 1.99. The zero-order valence-electron chi connectivity index (χ0n) is 16.4. The number of rotatable bonds is 6. The fourth-order valence-electron chi connectivity index (χ4n) is 3.50. The number of thiophene rings is 1. The number of nitrogens with one attached hydrogen (secondary N) is 2. The topological polar surface area (TPSA) is 54.9 Å². The van der Waals surface area contributed by atoms with Gasteiger partial charge in [-0.1, -0.05) is 12.1 Å². The Morgan fingerprint density at radius 3 is 2.48 bits per heavy atom. The number of benzene rings is 1. The van der Waals surface area contributed by atoms with Crippen LogP contribution in [-0.4, -0.2) is 39.9 Å². The van der Waals surface area contributed by atoms with Gasteiger partial charge < -0.3 is 20.1 Å². The van der Waals surface area contributed by atoms with E-state index in [4.69, 9.17) is 9.47 Å². The van der Waals surface area contributed by atoms with Crippen molar-refractivity contribution >= 4 is 17.3 Å². The molecule has 1 aromatic heterocycles. The summed E-state index contributed by atoms with van der Waals surface area (Å²) in [5, 5.41) is 6.96. The summed E-state index contributed by atoms with van der Waals surface area (Å²) < 4.78 is 10.9. The number of aryl methyl sites for hydroxylation is 1. The normalized spacial score (nSPS) is 16.8. The highest BCUT2D eigenvalue weighted by Gasteiger charge is 2.34. The first-order valence-electron chi connectivity index (χ1n) is 9.37. The zero-order valence-corrected chi connectivity index (χ0v) is 17.2. The molecule has 1 saturated heterocycles. The predicted molar refractivity (Wildman–Crippen MR) is 112 cm³/mol. The van der Waals surface area contributed by atoms with E-state index in [1.165, 1.54) is 15.3 Å². The third-order valence-corrected chi connectivity index (χ3v) is 6.20. The Balaban J connectivity index is 1.66. The van der Waals surface area contributed by atoms with Gasteiger partial charge in [-0.15, -0.1) is 11.3 Å². The molecule has 0 radical (unpaired) electrons. The van der Waals surface area contributed by atoms with Crippen LogP contribution in [0.3, 0.4) is 0 Å². The van der Waals surface area contributed by atoms with Crippen LogP contribution < -0.4 is 15.4 Å². The highest BCUT2D eigenvalue weighted by Crippen LogP contribution is 2.35. The fourth-order valence-corrected chi connectivity index (χ4v) is 4.33. The Morgan fingerprint density at radius 1 is 1.15 bits per heavy atom. The molecule has 0 atom stereocenters. The fraction of sp³-hybridized carbons (Fsp3) is 0.476. The number of nitrogens with zero attached hydrogens (tertiary/aromatic N) is 1. The van der Waals surface area contributed by atoms with Crippen LogP contribution in [0.5, 0.6) is 5.75 Å². The first-order valence-corrected chi connectivity index (χ1v) is 10.2. The quantitative estimate of drug-likeness (QED) is 0.589. The van der Waals surface area contributed by atoms with Gasteiger partial charge in [0.25, 0.3) is 0 Å². The Kier molecular flexibility index (Phi) is 6.74. The van der Waals surface area contributed by atoms with E-state index in [1.54, 1.807) is 7.11 Å². The molecule has 0 amide bonds. The van der Waals surface area contributed by atoms with Crippen LogP contribution in [0.25, 0.3) is 0 Å². The standard InChI is InChI=1S/C21H29N3O2S/c1-16-4-9-19(27-16)14-23-20(22-2)24-15-21(10-12-26-13-11-21)17-5-7-18(25-3)8-6-17/h4-9H,10-15H2,1-3H3,(H2,22,23,24). The van der Waals surface area contributed by atoms with Gasteiger partial charge in [0, 0.05) is 42.0 Å². The maximum absolute atomic E-state index is 5.63. The second-order valence-electron chi connectivity index (χ2n) is 6.91. The van der Waals surface area contributed by atoms with Crippen molar-refractivity contribution < 1.29 is 9.47 Å². The van der Waals surface area contributed by atoms with E-state index in [1.807, 2.05) is 30.5 Å². The van der Waals surface area contributed by atoms with Crippen molar-refractivity contribution in [3.05, 3.63) is 51.7 Å². The van der Waals surface area contributed by atoms with Gasteiger partial charge in [0.1, 0.15) is 5.75 Å². The molecule has 3 rings (SSSR count). The minimum atomic E-state index is 0.0433. The summed E-state index contributed by atoms with van der Waals surface area (Å²) in [5.74, 6) is 1.72. The molecule has 5 nitrogen and oxygen atoms in total. The molecule has 146 valence electrons. The van der Waals surface area contributed by atoms with Gasteiger partial charge in [-0.3, -0.25) is 4.99 Å². The number of methoxy groups -OCH3 is 1. The molecule has 1 aromatic carbocycles. The molecule has 1 fully saturated rings. The smallest absolute Gasteiger partial charge is 0.191 e. The van der Waals surface area contributed by atoms with Crippen molar-refractivity contribution in [2.24, 2.45) is 4.99 Å². The van der Waals surface area contributed by atoms with Gasteiger partial charge in [0.05, 0.1) is 13.7 Å². The third kappa shape index (κ3) is 5.02. The Bertz CT molecular complexity index is 749. The number of hydrogen-bond acceptors (Lipinski definition) is 4. The second kappa shape index (κ2) is 9.24. The van der Waals surface area contributed by atoms with E-state index >= 15 is 0 Å². The first kappa shape index (κ1) is 19.7. The Morgan fingerprint density at radius 2 is 1.89 bits per heavy atom. The first-order chi connectivity index (χ1) is 13.1. The van der Waals surface area contributed by atoms with Crippen molar-refractivity contribution in [3.63, 3.8) is 0 Å². The average Bonchev–Trinajstić information content (AvgIpc) is 3.14. The monoisotopic (exact) mass is 387 g/mol. The van der Waals surface area contributed by atoms with E-state index in [0.717, 1.165) is 50.9 Å². The summed E-state index contributed by atoms with van der Waals surface area (Å²) in [6.45, 7) is 5.32. The molecule has 27 heavy (non-hydrogen) atoms.